The molecular formula is C12H12N2O3. The molecule has 1 aromatic carbocycles. The minimum Gasteiger partial charge on any atom is -0.345 e. The number of anilines is 1. The van der Waals surface area contributed by atoms with Crippen molar-refractivity contribution in [2.75, 3.05) is 11.9 Å². The van der Waals surface area contributed by atoms with Crippen molar-refractivity contribution >= 4 is 23.8 Å². The summed E-state index contributed by atoms with van der Waals surface area (Å²) in [7, 11) is 0. The molecule has 0 bridgehead atoms. The fraction of sp³-hybridized carbons (Fsp3) is 0.250. The number of carbonyl (C=O) groups excluding carboxylic acids is 3. The summed E-state index contributed by atoms with van der Waals surface area (Å²) in [6.07, 6.45) is 1.71. The number of amides is 2. The van der Waals surface area contributed by atoms with Crippen molar-refractivity contribution in [1.82, 2.24) is 5.32 Å². The Morgan fingerprint density at radius 2 is 2.24 bits per heavy atom. The number of rotatable bonds is 3. The van der Waals surface area contributed by atoms with Gasteiger partial charge in [0.05, 0.1) is 6.54 Å². The summed E-state index contributed by atoms with van der Waals surface area (Å²) in [4.78, 5) is 32.9. The third kappa shape index (κ3) is 2.50. The highest BCUT2D eigenvalue weighted by Gasteiger charge is 2.16. The topological polar surface area (TPSA) is 75.3 Å². The number of carbonyl (C=O) groups is 3. The molecule has 1 aliphatic heterocycles. The first kappa shape index (κ1) is 11.3. The minimum absolute atomic E-state index is 0.00402. The molecule has 5 nitrogen and oxygen atoms in total. The van der Waals surface area contributed by atoms with Gasteiger partial charge in [-0.2, -0.15) is 0 Å². The van der Waals surface area contributed by atoms with Gasteiger partial charge in [0.2, 0.25) is 5.91 Å². The van der Waals surface area contributed by atoms with Gasteiger partial charge < -0.3 is 15.4 Å². The molecule has 2 rings (SSSR count). The highest BCUT2D eigenvalue weighted by atomic mass is 16.2. The summed E-state index contributed by atoms with van der Waals surface area (Å²) in [6.45, 7) is 0.00660. The predicted octanol–water partition coefficient (Wildman–Crippen LogP) is 0.500. The number of hydrogen-bond donors (Lipinski definition) is 2. The molecule has 1 aromatic rings. The molecule has 0 atom stereocenters. The summed E-state index contributed by atoms with van der Waals surface area (Å²) in [6, 6.07) is 5.09. The lowest BCUT2D eigenvalue weighted by Crippen LogP contribution is -2.26. The SMILES string of the molecule is O=CCNC(=O)c1ccc2c(c1)CCC(=O)N2. The van der Waals surface area contributed by atoms with Crippen LogP contribution in [-0.2, 0) is 16.0 Å². The molecule has 0 saturated carbocycles. The Labute approximate surface area is 98.2 Å². The van der Waals surface area contributed by atoms with Crippen molar-refractivity contribution in [3.05, 3.63) is 29.3 Å². The molecule has 2 N–H and O–H groups in total. The molecule has 0 aromatic heterocycles. The van der Waals surface area contributed by atoms with E-state index in [0.29, 0.717) is 24.7 Å². The first-order valence-electron chi connectivity index (χ1n) is 5.35. The summed E-state index contributed by atoms with van der Waals surface area (Å²) in [5.74, 6) is -0.285. The number of fused-ring (bicyclic) bond motifs is 1. The van der Waals surface area contributed by atoms with Gasteiger partial charge >= 0.3 is 0 Å². The van der Waals surface area contributed by atoms with Crippen molar-refractivity contribution in [3.8, 4) is 0 Å². The van der Waals surface area contributed by atoms with Gasteiger partial charge in [0.1, 0.15) is 6.29 Å². The van der Waals surface area contributed by atoms with Crippen LogP contribution in [0.3, 0.4) is 0 Å². The molecule has 0 spiro atoms. The van der Waals surface area contributed by atoms with Crippen molar-refractivity contribution < 1.29 is 14.4 Å². The molecule has 0 unspecified atom stereocenters. The zero-order valence-electron chi connectivity index (χ0n) is 9.16. The Bertz CT molecular complexity index is 483. The number of aldehydes is 1. The number of aryl methyl sites for hydroxylation is 1. The molecule has 1 aliphatic rings. The van der Waals surface area contributed by atoms with Gasteiger partial charge in [-0.3, -0.25) is 9.59 Å². The molecule has 88 valence electrons. The maximum Gasteiger partial charge on any atom is 0.251 e. The van der Waals surface area contributed by atoms with Gasteiger partial charge in [0, 0.05) is 17.7 Å². The highest BCUT2D eigenvalue weighted by Crippen LogP contribution is 2.23. The second-order valence-electron chi connectivity index (χ2n) is 3.80. The average Bonchev–Trinajstić information content (AvgIpc) is 2.35. The quantitative estimate of drug-likeness (QED) is 0.745. The maximum absolute atomic E-state index is 11.6. The van der Waals surface area contributed by atoms with Crippen LogP contribution in [0.4, 0.5) is 5.69 Å². The van der Waals surface area contributed by atoms with E-state index in [0.717, 1.165) is 11.3 Å². The van der Waals surface area contributed by atoms with Crippen LogP contribution in [-0.4, -0.2) is 24.6 Å². The summed E-state index contributed by atoms with van der Waals surface area (Å²) >= 11 is 0. The van der Waals surface area contributed by atoms with E-state index >= 15 is 0 Å². The van der Waals surface area contributed by atoms with Gasteiger partial charge in [0.25, 0.3) is 5.91 Å². The largest absolute Gasteiger partial charge is 0.345 e. The molecule has 0 radical (unpaired) electrons. The van der Waals surface area contributed by atoms with E-state index < -0.39 is 0 Å². The predicted molar refractivity (Wildman–Crippen MR) is 61.8 cm³/mol. The Hall–Kier alpha value is -2.17. The van der Waals surface area contributed by atoms with Crippen LogP contribution in [0, 0.1) is 0 Å². The van der Waals surface area contributed by atoms with Crippen molar-refractivity contribution in [3.63, 3.8) is 0 Å². The smallest absolute Gasteiger partial charge is 0.251 e. The van der Waals surface area contributed by atoms with E-state index in [9.17, 15) is 14.4 Å². The van der Waals surface area contributed by atoms with Gasteiger partial charge in [0.15, 0.2) is 0 Å². The van der Waals surface area contributed by atoms with Gasteiger partial charge in [-0.1, -0.05) is 0 Å². The van der Waals surface area contributed by atoms with Gasteiger partial charge in [-0.15, -0.1) is 0 Å². The summed E-state index contributed by atoms with van der Waals surface area (Å²) < 4.78 is 0. The Morgan fingerprint density at radius 3 is 3.00 bits per heavy atom. The maximum atomic E-state index is 11.6. The Balaban J connectivity index is 2.19. The van der Waals surface area contributed by atoms with Crippen molar-refractivity contribution in [1.29, 1.82) is 0 Å². The molecule has 0 fully saturated rings. The zero-order valence-corrected chi connectivity index (χ0v) is 9.16. The van der Waals surface area contributed by atoms with E-state index in [1.165, 1.54) is 0 Å². The van der Waals surface area contributed by atoms with Crippen LogP contribution in [0.5, 0.6) is 0 Å². The Kier molecular flexibility index (Phi) is 3.18. The molecule has 17 heavy (non-hydrogen) atoms. The number of hydrogen-bond acceptors (Lipinski definition) is 3. The second-order valence-corrected chi connectivity index (χ2v) is 3.80. The third-order valence-corrected chi connectivity index (χ3v) is 2.61. The van der Waals surface area contributed by atoms with E-state index in [2.05, 4.69) is 10.6 Å². The lowest BCUT2D eigenvalue weighted by molar-refractivity contribution is -0.116. The summed E-state index contributed by atoms with van der Waals surface area (Å²) in [5, 5.41) is 5.21. The van der Waals surface area contributed by atoms with Crippen LogP contribution >= 0.6 is 0 Å². The van der Waals surface area contributed by atoms with Crippen LogP contribution in [0.1, 0.15) is 22.3 Å². The van der Waals surface area contributed by atoms with Crippen LogP contribution in [0.25, 0.3) is 0 Å². The Morgan fingerprint density at radius 1 is 1.41 bits per heavy atom. The van der Waals surface area contributed by atoms with Crippen molar-refractivity contribution in [2.45, 2.75) is 12.8 Å². The fourth-order valence-corrected chi connectivity index (χ4v) is 1.76. The first-order valence-corrected chi connectivity index (χ1v) is 5.35. The van der Waals surface area contributed by atoms with Crippen LogP contribution < -0.4 is 10.6 Å². The van der Waals surface area contributed by atoms with E-state index in [1.807, 2.05) is 0 Å². The number of benzene rings is 1. The van der Waals surface area contributed by atoms with E-state index in [4.69, 9.17) is 0 Å². The van der Waals surface area contributed by atoms with E-state index in [-0.39, 0.29) is 18.4 Å². The first-order chi connectivity index (χ1) is 8.20. The second kappa shape index (κ2) is 4.78. The standard InChI is InChI=1S/C12H12N2O3/c15-6-5-13-12(17)9-1-3-10-8(7-9)2-4-11(16)14-10/h1,3,6-7H,2,4-5H2,(H,13,17)(H,14,16). The molecule has 5 heteroatoms. The fourth-order valence-electron chi connectivity index (χ4n) is 1.76. The van der Waals surface area contributed by atoms with Crippen molar-refractivity contribution in [2.24, 2.45) is 0 Å². The third-order valence-electron chi connectivity index (χ3n) is 2.61. The molecular weight excluding hydrogens is 220 g/mol. The lowest BCUT2D eigenvalue weighted by atomic mass is 10.00. The molecule has 1 heterocycles. The summed E-state index contributed by atoms with van der Waals surface area (Å²) in [5.41, 5.74) is 2.21. The highest BCUT2D eigenvalue weighted by molar-refractivity contribution is 5.98. The number of nitrogens with one attached hydrogen (secondary N) is 2. The van der Waals surface area contributed by atoms with Crippen LogP contribution in [0.2, 0.25) is 0 Å². The minimum atomic E-state index is -0.281. The monoisotopic (exact) mass is 232 g/mol. The zero-order chi connectivity index (χ0) is 12.3. The molecule has 0 saturated heterocycles. The molecule has 2 amide bonds. The normalized spacial score (nSPS) is 13.5. The van der Waals surface area contributed by atoms with Gasteiger partial charge in [-0.25, -0.2) is 0 Å². The van der Waals surface area contributed by atoms with Gasteiger partial charge in [-0.05, 0) is 30.2 Å². The van der Waals surface area contributed by atoms with Crippen LogP contribution in [0.15, 0.2) is 18.2 Å². The average molecular weight is 232 g/mol. The van der Waals surface area contributed by atoms with E-state index in [1.54, 1.807) is 18.2 Å². The molecule has 0 aliphatic carbocycles. The lowest BCUT2D eigenvalue weighted by Gasteiger charge is -2.17.